The van der Waals surface area contributed by atoms with Gasteiger partial charge in [-0.2, -0.15) is 0 Å². The molecule has 3 rings (SSSR count). The predicted octanol–water partition coefficient (Wildman–Crippen LogP) is 3.45. The second-order valence-corrected chi connectivity index (χ2v) is 5.67. The average molecular weight is 284 g/mol. The number of rotatable bonds is 5. The highest BCUT2D eigenvalue weighted by Gasteiger charge is 2.22. The number of benzene rings is 1. The number of nitrogens with zero attached hydrogens (tertiary/aromatic N) is 2. The van der Waals surface area contributed by atoms with E-state index in [0.29, 0.717) is 18.2 Å². The number of carbonyl (C=O) groups excluding carboxylic acids is 1. The summed E-state index contributed by atoms with van der Waals surface area (Å²) in [7, 11) is 0. The molecule has 1 saturated carbocycles. The van der Waals surface area contributed by atoms with Crippen molar-refractivity contribution in [2.24, 2.45) is 5.92 Å². The van der Waals surface area contributed by atoms with Gasteiger partial charge >= 0.3 is 5.97 Å². The Balaban J connectivity index is 1.72. The lowest BCUT2D eigenvalue weighted by molar-refractivity contribution is 0.0358. The predicted molar refractivity (Wildman–Crippen MR) is 80.1 cm³/mol. The second kappa shape index (κ2) is 6.12. The van der Waals surface area contributed by atoms with E-state index < -0.39 is 0 Å². The molecule has 1 fully saturated rings. The quantitative estimate of drug-likeness (QED) is 0.790. The van der Waals surface area contributed by atoms with Gasteiger partial charge in [-0.1, -0.05) is 36.8 Å². The van der Waals surface area contributed by atoms with Crippen LogP contribution in [0.25, 0.3) is 0 Å². The van der Waals surface area contributed by atoms with Crippen LogP contribution in [0.3, 0.4) is 0 Å². The molecule has 2 aromatic rings. The van der Waals surface area contributed by atoms with Gasteiger partial charge in [0.25, 0.3) is 0 Å². The molecule has 0 bridgehead atoms. The van der Waals surface area contributed by atoms with E-state index in [2.05, 4.69) is 11.9 Å². The van der Waals surface area contributed by atoms with Crippen LogP contribution in [0.1, 0.15) is 48.3 Å². The average Bonchev–Trinajstić information content (AvgIpc) is 2.95. The normalized spacial score (nSPS) is 16.2. The van der Waals surface area contributed by atoms with Crippen molar-refractivity contribution in [3.8, 4) is 0 Å². The maximum atomic E-state index is 12.2. The molecule has 0 N–H and O–H groups in total. The minimum atomic E-state index is -0.276. The summed E-state index contributed by atoms with van der Waals surface area (Å²) in [4.78, 5) is 16.3. The van der Waals surface area contributed by atoms with Gasteiger partial charge < -0.3 is 9.30 Å². The third kappa shape index (κ3) is 2.99. The molecule has 1 aromatic heterocycles. The smallest absolute Gasteiger partial charge is 0.356 e. The van der Waals surface area contributed by atoms with Crippen molar-refractivity contribution in [1.82, 2.24) is 9.55 Å². The van der Waals surface area contributed by atoms with Gasteiger partial charge in [-0.3, -0.25) is 0 Å². The largest absolute Gasteiger partial charge is 0.461 e. The lowest BCUT2D eigenvalue weighted by Gasteiger charge is -2.24. The highest BCUT2D eigenvalue weighted by atomic mass is 16.5. The van der Waals surface area contributed by atoms with E-state index in [-0.39, 0.29) is 12.0 Å². The van der Waals surface area contributed by atoms with E-state index in [0.717, 1.165) is 5.56 Å². The van der Waals surface area contributed by atoms with Crippen molar-refractivity contribution in [2.45, 2.75) is 32.2 Å². The van der Waals surface area contributed by atoms with Gasteiger partial charge in [0.2, 0.25) is 0 Å². The summed E-state index contributed by atoms with van der Waals surface area (Å²) in [6, 6.07) is 10.1. The number of esters is 1. The van der Waals surface area contributed by atoms with Crippen LogP contribution in [0.15, 0.2) is 42.9 Å². The van der Waals surface area contributed by atoms with Crippen molar-refractivity contribution in [3.63, 3.8) is 0 Å². The van der Waals surface area contributed by atoms with Crippen LogP contribution >= 0.6 is 0 Å². The standard InChI is InChI=1S/C17H20N2O2/c1-13(15-8-3-2-4-9-15)19-12-18-10-16(19)17(20)21-11-14-6-5-7-14/h2-4,8-10,12-14H,5-7,11H2,1H3/t13-/m1/s1. The van der Waals surface area contributed by atoms with E-state index in [9.17, 15) is 4.79 Å². The summed E-state index contributed by atoms with van der Waals surface area (Å²) in [5, 5.41) is 0. The van der Waals surface area contributed by atoms with Crippen molar-refractivity contribution >= 4 is 5.97 Å². The summed E-state index contributed by atoms with van der Waals surface area (Å²) in [5.41, 5.74) is 1.66. The van der Waals surface area contributed by atoms with Crippen molar-refractivity contribution < 1.29 is 9.53 Å². The fourth-order valence-corrected chi connectivity index (χ4v) is 2.59. The number of ether oxygens (including phenoxy) is 1. The molecule has 0 saturated heterocycles. The maximum Gasteiger partial charge on any atom is 0.356 e. The highest BCUT2D eigenvalue weighted by molar-refractivity contribution is 5.87. The molecule has 21 heavy (non-hydrogen) atoms. The maximum absolute atomic E-state index is 12.2. The number of carbonyl (C=O) groups is 1. The Morgan fingerprint density at radius 1 is 1.38 bits per heavy atom. The van der Waals surface area contributed by atoms with Crippen molar-refractivity contribution in [3.05, 3.63) is 54.1 Å². The third-order valence-electron chi connectivity index (χ3n) is 4.25. The van der Waals surface area contributed by atoms with Crippen LogP contribution in [0.4, 0.5) is 0 Å². The molecule has 0 amide bonds. The minimum absolute atomic E-state index is 0.0555. The van der Waals surface area contributed by atoms with Gasteiger partial charge in [0, 0.05) is 0 Å². The molecule has 0 spiro atoms. The Kier molecular flexibility index (Phi) is 4.04. The summed E-state index contributed by atoms with van der Waals surface area (Å²) < 4.78 is 7.29. The van der Waals surface area contributed by atoms with Crippen molar-refractivity contribution in [1.29, 1.82) is 0 Å². The van der Waals surface area contributed by atoms with Crippen LogP contribution in [-0.2, 0) is 4.74 Å². The van der Waals surface area contributed by atoms with E-state index in [1.54, 1.807) is 12.5 Å². The van der Waals surface area contributed by atoms with Crippen LogP contribution < -0.4 is 0 Å². The molecule has 1 atom stereocenters. The zero-order chi connectivity index (χ0) is 14.7. The van der Waals surface area contributed by atoms with Gasteiger partial charge in [0.05, 0.1) is 25.2 Å². The number of hydrogen-bond acceptors (Lipinski definition) is 3. The van der Waals surface area contributed by atoms with E-state index >= 15 is 0 Å². The monoisotopic (exact) mass is 284 g/mol. The highest BCUT2D eigenvalue weighted by Crippen LogP contribution is 2.27. The fraction of sp³-hybridized carbons (Fsp3) is 0.412. The molecule has 0 radical (unpaired) electrons. The number of imidazole rings is 1. The molecular formula is C17H20N2O2. The molecule has 1 aliphatic rings. The molecule has 110 valence electrons. The number of aromatic nitrogens is 2. The molecule has 1 heterocycles. The van der Waals surface area contributed by atoms with Gasteiger partial charge in [-0.25, -0.2) is 9.78 Å². The lowest BCUT2D eigenvalue weighted by Crippen LogP contribution is -2.22. The molecule has 0 unspecified atom stereocenters. The van der Waals surface area contributed by atoms with E-state index in [4.69, 9.17) is 4.74 Å². The first kappa shape index (κ1) is 13.9. The van der Waals surface area contributed by atoms with Crippen LogP contribution in [-0.4, -0.2) is 22.1 Å². The SMILES string of the molecule is C[C@H](c1ccccc1)n1cncc1C(=O)OCC1CCC1. The Morgan fingerprint density at radius 2 is 2.14 bits per heavy atom. The Bertz CT molecular complexity index is 602. The summed E-state index contributed by atoms with van der Waals surface area (Å²) >= 11 is 0. The topological polar surface area (TPSA) is 44.1 Å². The first-order valence-electron chi connectivity index (χ1n) is 7.49. The summed E-state index contributed by atoms with van der Waals surface area (Å²) in [5.74, 6) is 0.277. The lowest BCUT2D eigenvalue weighted by atomic mass is 9.86. The van der Waals surface area contributed by atoms with Crippen LogP contribution in [0, 0.1) is 5.92 Å². The van der Waals surface area contributed by atoms with Crippen LogP contribution in [0.2, 0.25) is 0 Å². The second-order valence-electron chi connectivity index (χ2n) is 5.67. The zero-order valence-corrected chi connectivity index (χ0v) is 12.2. The Morgan fingerprint density at radius 3 is 2.81 bits per heavy atom. The first-order valence-corrected chi connectivity index (χ1v) is 7.49. The zero-order valence-electron chi connectivity index (χ0n) is 12.2. The molecule has 1 aromatic carbocycles. The van der Waals surface area contributed by atoms with E-state index in [1.807, 2.05) is 34.9 Å². The minimum Gasteiger partial charge on any atom is -0.461 e. The number of hydrogen-bond donors (Lipinski definition) is 0. The fourth-order valence-electron chi connectivity index (χ4n) is 2.59. The molecular weight excluding hydrogens is 264 g/mol. The summed E-state index contributed by atoms with van der Waals surface area (Å²) in [6.07, 6.45) is 6.88. The van der Waals surface area contributed by atoms with Gasteiger partial charge in [0.15, 0.2) is 0 Å². The molecule has 4 heteroatoms. The Hall–Kier alpha value is -2.10. The first-order chi connectivity index (χ1) is 10.3. The van der Waals surface area contributed by atoms with Crippen LogP contribution in [0.5, 0.6) is 0 Å². The van der Waals surface area contributed by atoms with E-state index in [1.165, 1.54) is 19.3 Å². The van der Waals surface area contributed by atoms with Gasteiger partial charge in [0.1, 0.15) is 5.69 Å². The van der Waals surface area contributed by atoms with Crippen molar-refractivity contribution in [2.75, 3.05) is 6.61 Å². The Labute approximate surface area is 124 Å². The van der Waals surface area contributed by atoms with Gasteiger partial charge in [-0.15, -0.1) is 0 Å². The molecule has 4 nitrogen and oxygen atoms in total. The molecule has 1 aliphatic carbocycles. The third-order valence-corrected chi connectivity index (χ3v) is 4.25. The van der Waals surface area contributed by atoms with Gasteiger partial charge in [-0.05, 0) is 31.2 Å². The molecule has 0 aliphatic heterocycles. The summed E-state index contributed by atoms with van der Waals surface area (Å²) in [6.45, 7) is 2.59.